The van der Waals surface area contributed by atoms with E-state index in [0.717, 1.165) is 38.3 Å². The van der Waals surface area contributed by atoms with Crippen molar-refractivity contribution in [2.24, 2.45) is 0 Å². The van der Waals surface area contributed by atoms with Crippen LogP contribution in [0.25, 0.3) is 0 Å². The minimum absolute atomic E-state index is 0.129. The number of carbonyl (C=O) groups is 1. The molecule has 1 aromatic rings. The SMILES string of the molecule is CN1CCN(C(=O)CN2CCN(C(=S)Nc3cc(C(F)(F)F)ccc3Cl)CC2)CC1. The number of benzene rings is 1. The van der Waals surface area contributed by atoms with Crippen molar-refractivity contribution in [2.75, 3.05) is 71.3 Å². The maximum absolute atomic E-state index is 12.9. The van der Waals surface area contributed by atoms with Crippen molar-refractivity contribution < 1.29 is 18.0 Å². The average Bonchev–Trinajstić information content (AvgIpc) is 2.69. The Kier molecular flexibility index (Phi) is 7.43. The lowest BCUT2D eigenvalue weighted by Gasteiger charge is -2.38. The van der Waals surface area contributed by atoms with Crippen LogP contribution in [-0.4, -0.2) is 96.6 Å². The fourth-order valence-corrected chi connectivity index (χ4v) is 3.91. The molecule has 0 spiro atoms. The molecule has 2 heterocycles. The second-order valence-corrected chi connectivity index (χ2v) is 8.36. The Hall–Kier alpha value is -1.62. The molecule has 2 saturated heterocycles. The summed E-state index contributed by atoms with van der Waals surface area (Å²) < 4.78 is 38.8. The van der Waals surface area contributed by atoms with Crippen molar-refractivity contribution in [2.45, 2.75) is 6.18 Å². The topological polar surface area (TPSA) is 42.1 Å². The first-order chi connectivity index (χ1) is 14.1. The van der Waals surface area contributed by atoms with Gasteiger partial charge in [-0.1, -0.05) is 11.6 Å². The Labute approximate surface area is 184 Å². The van der Waals surface area contributed by atoms with Crippen LogP contribution in [0.15, 0.2) is 18.2 Å². The summed E-state index contributed by atoms with van der Waals surface area (Å²) in [6, 6.07) is 3.10. The van der Waals surface area contributed by atoms with Crippen LogP contribution >= 0.6 is 23.8 Å². The van der Waals surface area contributed by atoms with Crippen LogP contribution < -0.4 is 5.32 Å². The van der Waals surface area contributed by atoms with Crippen LogP contribution in [0.1, 0.15) is 5.56 Å². The molecule has 0 aliphatic carbocycles. The number of amides is 1. The second-order valence-electron chi connectivity index (χ2n) is 7.57. The number of alkyl halides is 3. The third kappa shape index (κ3) is 5.96. The first kappa shape index (κ1) is 23.1. The second kappa shape index (κ2) is 9.67. The molecule has 0 saturated carbocycles. The molecule has 6 nitrogen and oxygen atoms in total. The van der Waals surface area contributed by atoms with Crippen LogP contribution in [0, 0.1) is 0 Å². The lowest BCUT2D eigenvalue weighted by molar-refractivity contribution is -0.137. The van der Waals surface area contributed by atoms with Crippen molar-refractivity contribution >= 4 is 40.5 Å². The summed E-state index contributed by atoms with van der Waals surface area (Å²) in [6.45, 7) is 6.11. The van der Waals surface area contributed by atoms with E-state index >= 15 is 0 Å². The van der Waals surface area contributed by atoms with E-state index in [9.17, 15) is 18.0 Å². The fraction of sp³-hybridized carbons (Fsp3) is 0.579. The average molecular weight is 464 g/mol. The van der Waals surface area contributed by atoms with E-state index in [0.29, 0.717) is 37.8 Å². The molecule has 0 aromatic heterocycles. The summed E-state index contributed by atoms with van der Waals surface area (Å²) in [5.41, 5.74) is -0.659. The monoisotopic (exact) mass is 463 g/mol. The molecule has 1 amide bonds. The molecule has 1 N–H and O–H groups in total. The van der Waals surface area contributed by atoms with Gasteiger partial charge in [0.15, 0.2) is 5.11 Å². The number of hydrogen-bond donors (Lipinski definition) is 1. The van der Waals surface area contributed by atoms with E-state index in [-0.39, 0.29) is 16.6 Å². The number of nitrogens with zero attached hydrogens (tertiary/aromatic N) is 4. The fourth-order valence-electron chi connectivity index (χ4n) is 3.45. The van der Waals surface area contributed by atoms with Gasteiger partial charge in [-0.15, -0.1) is 0 Å². The zero-order valence-electron chi connectivity index (χ0n) is 16.7. The summed E-state index contributed by atoms with van der Waals surface area (Å²) in [5.74, 6) is 0.132. The van der Waals surface area contributed by atoms with Crippen molar-refractivity contribution in [3.63, 3.8) is 0 Å². The van der Waals surface area contributed by atoms with E-state index in [1.807, 2.05) is 16.8 Å². The quantitative estimate of drug-likeness (QED) is 0.695. The highest BCUT2D eigenvalue weighted by Gasteiger charge is 2.31. The maximum Gasteiger partial charge on any atom is 0.416 e. The highest BCUT2D eigenvalue weighted by molar-refractivity contribution is 7.80. The van der Waals surface area contributed by atoms with E-state index in [4.69, 9.17) is 23.8 Å². The predicted octanol–water partition coefficient (Wildman–Crippen LogP) is 2.45. The first-order valence-corrected chi connectivity index (χ1v) is 10.5. The van der Waals surface area contributed by atoms with Crippen molar-refractivity contribution in [3.05, 3.63) is 28.8 Å². The number of carbonyl (C=O) groups excluding carboxylic acids is 1. The summed E-state index contributed by atoms with van der Waals surface area (Å²) >= 11 is 11.4. The van der Waals surface area contributed by atoms with E-state index in [2.05, 4.69) is 15.1 Å². The Bertz CT molecular complexity index is 778. The summed E-state index contributed by atoms with van der Waals surface area (Å²) in [7, 11) is 2.05. The number of hydrogen-bond acceptors (Lipinski definition) is 4. The molecule has 2 fully saturated rings. The van der Waals surface area contributed by atoms with Gasteiger partial charge in [-0.3, -0.25) is 9.69 Å². The third-order valence-electron chi connectivity index (χ3n) is 5.41. The van der Waals surface area contributed by atoms with Gasteiger partial charge in [0, 0.05) is 52.4 Å². The number of halogens is 4. The molecular formula is C19H25ClF3N5OS. The summed E-state index contributed by atoms with van der Waals surface area (Å²) in [4.78, 5) is 20.5. The zero-order valence-corrected chi connectivity index (χ0v) is 18.3. The molecule has 0 bridgehead atoms. The van der Waals surface area contributed by atoms with Gasteiger partial charge in [0.05, 0.1) is 22.8 Å². The maximum atomic E-state index is 12.9. The molecule has 30 heavy (non-hydrogen) atoms. The van der Waals surface area contributed by atoms with Gasteiger partial charge in [0.1, 0.15) is 0 Å². The van der Waals surface area contributed by atoms with Crippen LogP contribution in [0.4, 0.5) is 18.9 Å². The molecule has 3 rings (SSSR count). The van der Waals surface area contributed by atoms with Crippen molar-refractivity contribution in [1.82, 2.24) is 19.6 Å². The van der Waals surface area contributed by atoms with Gasteiger partial charge < -0.3 is 20.0 Å². The Morgan fingerprint density at radius 1 is 1.07 bits per heavy atom. The minimum Gasteiger partial charge on any atom is -0.346 e. The highest BCUT2D eigenvalue weighted by atomic mass is 35.5. The number of likely N-dealkylation sites (N-methyl/N-ethyl adjacent to an activating group) is 1. The van der Waals surface area contributed by atoms with Gasteiger partial charge in [0.25, 0.3) is 0 Å². The summed E-state index contributed by atoms with van der Waals surface area (Å²) in [6.07, 6.45) is -4.45. The standard InChI is InChI=1S/C19H25ClF3N5OS/c1-25-4-8-27(9-5-25)17(29)13-26-6-10-28(11-7-26)18(30)24-16-12-14(19(21,22)23)2-3-15(16)20/h2-3,12H,4-11,13H2,1H3,(H,24,30). The molecule has 11 heteroatoms. The van der Waals surface area contributed by atoms with E-state index < -0.39 is 11.7 Å². The van der Waals surface area contributed by atoms with Crippen LogP contribution in [-0.2, 0) is 11.0 Å². The van der Waals surface area contributed by atoms with Crippen LogP contribution in [0.2, 0.25) is 5.02 Å². The predicted molar refractivity (Wildman–Crippen MR) is 115 cm³/mol. The lowest BCUT2D eigenvalue weighted by atomic mass is 10.2. The molecule has 166 valence electrons. The molecule has 0 atom stereocenters. The number of thiocarbonyl (C=S) groups is 1. The summed E-state index contributed by atoms with van der Waals surface area (Å²) in [5, 5.41) is 3.32. The van der Waals surface area contributed by atoms with Crippen LogP contribution in [0.3, 0.4) is 0 Å². The number of anilines is 1. The Morgan fingerprint density at radius 2 is 1.67 bits per heavy atom. The molecule has 1 aromatic carbocycles. The van der Waals surface area contributed by atoms with E-state index in [1.165, 1.54) is 6.07 Å². The van der Waals surface area contributed by atoms with Crippen LogP contribution in [0.5, 0.6) is 0 Å². The largest absolute Gasteiger partial charge is 0.416 e. The number of piperazine rings is 2. The number of nitrogens with one attached hydrogen (secondary N) is 1. The Balaban J connectivity index is 1.49. The van der Waals surface area contributed by atoms with E-state index in [1.54, 1.807) is 0 Å². The highest BCUT2D eigenvalue weighted by Crippen LogP contribution is 2.34. The lowest BCUT2D eigenvalue weighted by Crippen LogP contribution is -2.54. The normalized spacial score (nSPS) is 19.1. The smallest absolute Gasteiger partial charge is 0.346 e. The first-order valence-electron chi connectivity index (χ1n) is 9.75. The molecule has 0 radical (unpaired) electrons. The molecule has 2 aliphatic rings. The molecular weight excluding hydrogens is 439 g/mol. The van der Waals surface area contributed by atoms with Gasteiger partial charge in [-0.25, -0.2) is 0 Å². The van der Waals surface area contributed by atoms with Gasteiger partial charge in [0.2, 0.25) is 5.91 Å². The van der Waals surface area contributed by atoms with Gasteiger partial charge in [-0.05, 0) is 37.5 Å². The molecule has 0 unspecified atom stereocenters. The van der Waals surface area contributed by atoms with Gasteiger partial charge in [-0.2, -0.15) is 13.2 Å². The number of rotatable bonds is 3. The Morgan fingerprint density at radius 3 is 2.27 bits per heavy atom. The van der Waals surface area contributed by atoms with Crippen molar-refractivity contribution in [1.29, 1.82) is 0 Å². The third-order valence-corrected chi connectivity index (χ3v) is 6.10. The zero-order chi connectivity index (χ0) is 21.9. The van der Waals surface area contributed by atoms with Crippen molar-refractivity contribution in [3.8, 4) is 0 Å². The van der Waals surface area contributed by atoms with Gasteiger partial charge >= 0.3 is 6.18 Å². The minimum atomic E-state index is -4.45. The molecule has 2 aliphatic heterocycles.